The number of sulfone groups is 1. The summed E-state index contributed by atoms with van der Waals surface area (Å²) < 4.78 is 44.2. The van der Waals surface area contributed by atoms with Gasteiger partial charge >= 0.3 is 0 Å². The van der Waals surface area contributed by atoms with Crippen LogP contribution in [0.15, 0.2) is 65.8 Å². The number of amides is 1. The molecule has 210 valence electrons. The number of nitro groups is 1. The highest BCUT2D eigenvalue weighted by Crippen LogP contribution is 2.41. The highest BCUT2D eigenvalue weighted by molar-refractivity contribution is 7.93. The molecular formula is C26H27FN6O6S. The van der Waals surface area contributed by atoms with E-state index in [9.17, 15) is 27.7 Å². The predicted octanol–water partition coefficient (Wildman–Crippen LogP) is 2.79. The van der Waals surface area contributed by atoms with E-state index >= 15 is 0 Å². The van der Waals surface area contributed by atoms with Crippen molar-refractivity contribution in [2.24, 2.45) is 10.7 Å². The molecule has 0 aliphatic carbocycles. The van der Waals surface area contributed by atoms with Crippen LogP contribution in [0, 0.1) is 22.9 Å². The van der Waals surface area contributed by atoms with Gasteiger partial charge in [-0.25, -0.2) is 12.8 Å². The van der Waals surface area contributed by atoms with E-state index in [1.807, 2.05) is 19.1 Å². The maximum absolute atomic E-state index is 14.4. The summed E-state index contributed by atoms with van der Waals surface area (Å²) >= 11 is 0. The maximum Gasteiger partial charge on any atom is 0.269 e. The average Bonchev–Trinajstić information content (AvgIpc) is 2.89. The zero-order valence-electron chi connectivity index (χ0n) is 21.7. The first kappa shape index (κ1) is 28.4. The third-order valence-corrected chi connectivity index (χ3v) is 9.17. The lowest BCUT2D eigenvalue weighted by Crippen LogP contribution is -2.73. The van der Waals surface area contributed by atoms with Crippen molar-refractivity contribution >= 4 is 39.1 Å². The van der Waals surface area contributed by atoms with Crippen LogP contribution >= 0.6 is 0 Å². The van der Waals surface area contributed by atoms with Crippen LogP contribution in [0.5, 0.6) is 5.75 Å². The molecule has 2 aliphatic rings. The van der Waals surface area contributed by atoms with Crippen molar-refractivity contribution in [1.82, 2.24) is 4.98 Å². The minimum atomic E-state index is -3.80. The number of benzene rings is 2. The number of methoxy groups -OCH3 is 1. The number of anilines is 2. The molecule has 3 heterocycles. The summed E-state index contributed by atoms with van der Waals surface area (Å²) in [6.45, 7) is 2.04. The molecule has 0 radical (unpaired) electrons. The van der Waals surface area contributed by atoms with Gasteiger partial charge in [0.15, 0.2) is 14.6 Å². The van der Waals surface area contributed by atoms with Crippen LogP contribution in [0.1, 0.15) is 17.3 Å². The Hall–Kier alpha value is -4.59. The quantitative estimate of drug-likeness (QED) is 0.257. The van der Waals surface area contributed by atoms with Crippen molar-refractivity contribution in [2.75, 3.05) is 36.2 Å². The summed E-state index contributed by atoms with van der Waals surface area (Å²) in [6.07, 6.45) is 2.14. The normalized spacial score (nSPS) is 18.4. The third-order valence-electron chi connectivity index (χ3n) is 6.75. The van der Waals surface area contributed by atoms with Crippen molar-refractivity contribution in [2.45, 2.75) is 17.7 Å². The van der Waals surface area contributed by atoms with Crippen LogP contribution in [0.25, 0.3) is 0 Å². The SMILES string of the molecule is COc1ccc(C)nc1.NC1=NC(c2cc(NC=O)ccc2F)CS(=O)(=O)C12CN(c1ccc([N+](=O)[O-])cc1)C2. The molecule has 3 aromatic rings. The zero-order valence-corrected chi connectivity index (χ0v) is 22.5. The molecule has 0 bridgehead atoms. The van der Waals surface area contributed by atoms with E-state index in [4.69, 9.17) is 10.5 Å². The van der Waals surface area contributed by atoms with Crippen molar-refractivity contribution in [3.05, 3.63) is 88.0 Å². The van der Waals surface area contributed by atoms with Crippen LogP contribution in [0.3, 0.4) is 0 Å². The van der Waals surface area contributed by atoms with Gasteiger partial charge in [0, 0.05) is 47.9 Å². The first-order chi connectivity index (χ1) is 19.0. The molecular weight excluding hydrogens is 543 g/mol. The molecule has 3 N–H and O–H groups in total. The molecule has 1 aromatic heterocycles. The number of amidine groups is 1. The van der Waals surface area contributed by atoms with Gasteiger partial charge in [-0.15, -0.1) is 0 Å². The van der Waals surface area contributed by atoms with Crippen molar-refractivity contribution < 1.29 is 27.3 Å². The number of hydrogen-bond donors (Lipinski definition) is 2. The van der Waals surface area contributed by atoms with Crippen LogP contribution in [-0.4, -0.2) is 61.3 Å². The largest absolute Gasteiger partial charge is 0.495 e. The Bertz CT molecular complexity index is 1540. The van der Waals surface area contributed by atoms with Crippen molar-refractivity contribution in [1.29, 1.82) is 0 Å². The Labute approximate surface area is 229 Å². The van der Waals surface area contributed by atoms with Crippen LogP contribution in [0.4, 0.5) is 21.5 Å². The molecule has 1 spiro atoms. The number of non-ortho nitro benzene ring substituents is 1. The van der Waals surface area contributed by atoms with Gasteiger partial charge in [-0.2, -0.15) is 0 Å². The lowest BCUT2D eigenvalue weighted by Gasteiger charge is -2.51. The second-order valence-electron chi connectivity index (χ2n) is 9.27. The van der Waals surface area contributed by atoms with Gasteiger partial charge in [-0.3, -0.25) is 24.9 Å². The first-order valence-corrected chi connectivity index (χ1v) is 13.7. The third kappa shape index (κ3) is 5.57. The number of halogens is 1. The molecule has 1 fully saturated rings. The molecule has 5 rings (SSSR count). The standard InChI is InChI=1S/C19H18FN5O5S.C7H9NO/c20-16-6-1-12(22-11-26)7-15(16)17-8-31(29,30)19(18(21)23-17)9-24(10-19)13-2-4-14(5-3-13)25(27)28;1-6-3-4-7(9-2)5-8-6/h1-7,11,17H,8-10H2,(H2,21,23)(H,22,26);3-5H,1-2H3. The Balaban J connectivity index is 0.000000350. The fourth-order valence-corrected chi connectivity index (χ4v) is 6.50. The number of ether oxygens (including phenoxy) is 1. The number of aryl methyl sites for hydroxylation is 1. The second-order valence-corrected chi connectivity index (χ2v) is 11.6. The summed E-state index contributed by atoms with van der Waals surface area (Å²) in [5, 5.41) is 13.2. The van der Waals surface area contributed by atoms with E-state index in [0.29, 0.717) is 17.8 Å². The lowest BCUT2D eigenvalue weighted by molar-refractivity contribution is -0.384. The minimum absolute atomic E-state index is 0.0276. The van der Waals surface area contributed by atoms with E-state index in [-0.39, 0.29) is 30.2 Å². The molecule has 14 heteroatoms. The topological polar surface area (TPSA) is 170 Å². The van der Waals surface area contributed by atoms with Gasteiger partial charge in [0.1, 0.15) is 17.4 Å². The molecule has 0 saturated carbocycles. The fourth-order valence-electron chi connectivity index (χ4n) is 4.44. The van der Waals surface area contributed by atoms with Gasteiger partial charge < -0.3 is 20.7 Å². The monoisotopic (exact) mass is 570 g/mol. The number of carbonyl (C=O) groups is 1. The molecule has 1 amide bonds. The second kappa shape index (κ2) is 11.3. The van der Waals surface area contributed by atoms with Crippen LogP contribution in [-0.2, 0) is 14.6 Å². The molecule has 2 aliphatic heterocycles. The van der Waals surface area contributed by atoms with Crippen LogP contribution < -0.4 is 20.7 Å². The zero-order chi connectivity index (χ0) is 29.1. The van der Waals surface area contributed by atoms with Gasteiger partial charge in [-0.05, 0) is 49.4 Å². The summed E-state index contributed by atoms with van der Waals surface area (Å²) in [4.78, 5) is 31.0. The average molecular weight is 571 g/mol. The summed E-state index contributed by atoms with van der Waals surface area (Å²) in [5.74, 6) is -0.371. The van der Waals surface area contributed by atoms with E-state index < -0.39 is 37.1 Å². The number of hydrogen-bond acceptors (Lipinski definition) is 10. The van der Waals surface area contributed by atoms with Crippen molar-refractivity contribution in [3.63, 3.8) is 0 Å². The lowest BCUT2D eigenvalue weighted by atomic mass is 9.95. The highest BCUT2D eigenvalue weighted by Gasteiger charge is 2.59. The van der Waals surface area contributed by atoms with E-state index in [1.165, 1.54) is 36.4 Å². The Morgan fingerprint density at radius 1 is 1.20 bits per heavy atom. The molecule has 2 aromatic carbocycles. The number of rotatable bonds is 6. The summed E-state index contributed by atoms with van der Waals surface area (Å²) in [7, 11) is -2.17. The number of carbonyl (C=O) groups excluding carboxylic acids is 1. The predicted molar refractivity (Wildman–Crippen MR) is 148 cm³/mol. The van der Waals surface area contributed by atoms with E-state index in [1.54, 1.807) is 18.2 Å². The molecule has 1 atom stereocenters. The van der Waals surface area contributed by atoms with Gasteiger partial charge in [0.2, 0.25) is 6.41 Å². The first-order valence-electron chi connectivity index (χ1n) is 12.0. The molecule has 1 unspecified atom stereocenters. The maximum atomic E-state index is 14.4. The Morgan fingerprint density at radius 2 is 1.90 bits per heavy atom. The molecule has 40 heavy (non-hydrogen) atoms. The number of nitrogens with one attached hydrogen (secondary N) is 1. The molecule has 1 saturated heterocycles. The minimum Gasteiger partial charge on any atom is -0.495 e. The smallest absolute Gasteiger partial charge is 0.269 e. The van der Waals surface area contributed by atoms with Gasteiger partial charge in [-0.1, -0.05) is 0 Å². The number of nitrogens with zero attached hydrogens (tertiary/aromatic N) is 4. The summed E-state index contributed by atoms with van der Waals surface area (Å²) in [5.41, 5.74) is 8.00. The Kier molecular flexibility index (Phi) is 8.00. The van der Waals surface area contributed by atoms with Gasteiger partial charge in [0.25, 0.3) is 5.69 Å². The molecule has 12 nitrogen and oxygen atoms in total. The highest BCUT2D eigenvalue weighted by atomic mass is 32.2. The van der Waals surface area contributed by atoms with E-state index in [2.05, 4.69) is 15.3 Å². The van der Waals surface area contributed by atoms with E-state index in [0.717, 1.165) is 17.5 Å². The number of nitro benzene ring substituents is 1. The number of nitrogens with two attached hydrogens (primary N) is 1. The fraction of sp³-hybridized carbons (Fsp3) is 0.269. The Morgan fingerprint density at radius 3 is 2.45 bits per heavy atom. The van der Waals surface area contributed by atoms with Crippen molar-refractivity contribution in [3.8, 4) is 5.75 Å². The van der Waals surface area contributed by atoms with Gasteiger partial charge in [0.05, 0.1) is 30.0 Å². The summed E-state index contributed by atoms with van der Waals surface area (Å²) in [6, 6.07) is 12.4. The number of aliphatic imine (C=N–C) groups is 1. The number of aromatic nitrogens is 1. The van der Waals surface area contributed by atoms with Crippen LogP contribution in [0.2, 0.25) is 0 Å². The number of pyridine rings is 1.